The lowest BCUT2D eigenvalue weighted by molar-refractivity contribution is -0.0366. The van der Waals surface area contributed by atoms with Gasteiger partial charge in [0, 0.05) is 7.05 Å². The van der Waals surface area contributed by atoms with Crippen molar-refractivity contribution in [1.82, 2.24) is 9.36 Å². The molecule has 4 aliphatic rings. The first-order valence-corrected chi connectivity index (χ1v) is 7.57. The van der Waals surface area contributed by atoms with Gasteiger partial charge in [-0.2, -0.15) is 5.26 Å². The van der Waals surface area contributed by atoms with E-state index in [1.54, 1.807) is 11.7 Å². The molecule has 4 bridgehead atoms. The van der Waals surface area contributed by atoms with Crippen LogP contribution in [0.4, 0.5) is 5.82 Å². The average Bonchev–Trinajstić information content (AvgIpc) is 2.61. The van der Waals surface area contributed by atoms with Gasteiger partial charge in [0.05, 0.1) is 6.04 Å². The van der Waals surface area contributed by atoms with Crippen LogP contribution in [0, 0.1) is 35.0 Å². The van der Waals surface area contributed by atoms with Gasteiger partial charge in [0.2, 0.25) is 0 Å². The van der Waals surface area contributed by atoms with Crippen LogP contribution in [0.1, 0.15) is 43.7 Å². The predicted octanol–water partition coefficient (Wildman–Crippen LogP) is 1.64. The van der Waals surface area contributed by atoms with E-state index in [4.69, 9.17) is 11.0 Å². The number of hydrogen-bond acceptors (Lipinski definition) is 3. The summed E-state index contributed by atoms with van der Waals surface area (Å²) in [5.74, 6) is 3.42. The van der Waals surface area contributed by atoms with Gasteiger partial charge in [0.25, 0.3) is 5.56 Å². The van der Waals surface area contributed by atoms with Crippen molar-refractivity contribution in [3.05, 3.63) is 15.9 Å². The summed E-state index contributed by atoms with van der Waals surface area (Å²) in [6.45, 7) is 0. The summed E-state index contributed by atoms with van der Waals surface area (Å²) in [6.07, 6.45) is 6.48. The highest BCUT2D eigenvalue weighted by molar-refractivity contribution is 5.48. The molecule has 2 N–H and O–H groups in total. The molecule has 20 heavy (non-hydrogen) atoms. The Balaban J connectivity index is 1.83. The van der Waals surface area contributed by atoms with Gasteiger partial charge < -0.3 is 5.73 Å². The second-order valence-electron chi connectivity index (χ2n) is 6.97. The fourth-order valence-corrected chi connectivity index (χ4v) is 5.41. The zero-order valence-electron chi connectivity index (χ0n) is 11.7. The van der Waals surface area contributed by atoms with E-state index in [9.17, 15) is 4.79 Å². The molecular weight excluding hydrogens is 252 g/mol. The fraction of sp³-hybridized carbons (Fsp3) is 0.733. The summed E-state index contributed by atoms with van der Waals surface area (Å²) in [5.41, 5.74) is 5.98. The summed E-state index contributed by atoms with van der Waals surface area (Å²) in [4.78, 5) is 12.1. The third-order valence-electron chi connectivity index (χ3n) is 5.91. The average molecular weight is 272 g/mol. The number of nitriles is 1. The van der Waals surface area contributed by atoms with Crippen molar-refractivity contribution in [2.24, 2.45) is 30.7 Å². The molecule has 4 aliphatic carbocycles. The lowest BCUT2D eigenvalue weighted by Crippen LogP contribution is -2.47. The second kappa shape index (κ2) is 3.91. The van der Waals surface area contributed by atoms with Crippen LogP contribution in [0.3, 0.4) is 0 Å². The van der Waals surface area contributed by atoms with Crippen LogP contribution in [0.2, 0.25) is 0 Å². The topological polar surface area (TPSA) is 76.7 Å². The predicted molar refractivity (Wildman–Crippen MR) is 74.9 cm³/mol. The molecule has 0 spiro atoms. The van der Waals surface area contributed by atoms with Gasteiger partial charge in [-0.3, -0.25) is 14.2 Å². The van der Waals surface area contributed by atoms with Gasteiger partial charge in [-0.25, -0.2) is 0 Å². The van der Waals surface area contributed by atoms with Crippen LogP contribution in [0.25, 0.3) is 0 Å². The molecule has 5 rings (SSSR count). The van der Waals surface area contributed by atoms with Crippen LogP contribution in [-0.2, 0) is 7.05 Å². The maximum absolute atomic E-state index is 12.1. The second-order valence-corrected chi connectivity index (χ2v) is 6.97. The summed E-state index contributed by atoms with van der Waals surface area (Å²) < 4.78 is 3.51. The fourth-order valence-electron chi connectivity index (χ4n) is 5.41. The first kappa shape index (κ1) is 12.1. The molecule has 0 atom stereocenters. The van der Waals surface area contributed by atoms with Crippen LogP contribution in [-0.4, -0.2) is 9.36 Å². The lowest BCUT2D eigenvalue weighted by atomic mass is 9.54. The van der Waals surface area contributed by atoms with Crippen molar-refractivity contribution < 1.29 is 0 Å². The minimum atomic E-state index is -0.251. The Labute approximate surface area is 118 Å². The number of aromatic nitrogens is 2. The maximum atomic E-state index is 12.1. The third-order valence-corrected chi connectivity index (χ3v) is 5.91. The number of nitrogens with two attached hydrogens (primary N) is 1. The van der Waals surface area contributed by atoms with E-state index in [1.807, 2.05) is 10.8 Å². The largest absolute Gasteiger partial charge is 0.383 e. The molecule has 1 heterocycles. The number of nitrogen functional groups attached to an aromatic ring is 1. The highest BCUT2D eigenvalue weighted by Crippen LogP contribution is 2.58. The van der Waals surface area contributed by atoms with Crippen LogP contribution in [0.5, 0.6) is 0 Å². The zero-order valence-corrected chi connectivity index (χ0v) is 11.7. The van der Waals surface area contributed by atoms with E-state index in [0.717, 1.165) is 11.8 Å². The van der Waals surface area contributed by atoms with Gasteiger partial charge in [0.1, 0.15) is 11.9 Å². The van der Waals surface area contributed by atoms with Crippen LogP contribution < -0.4 is 11.3 Å². The van der Waals surface area contributed by atoms with Crippen molar-refractivity contribution in [3.8, 4) is 6.07 Å². The number of nitrogens with zero attached hydrogens (tertiary/aromatic N) is 3. The van der Waals surface area contributed by atoms with Gasteiger partial charge in [0.15, 0.2) is 5.56 Å². The molecule has 4 fully saturated rings. The molecule has 1 aromatic heterocycles. The molecule has 0 radical (unpaired) electrons. The van der Waals surface area contributed by atoms with Crippen molar-refractivity contribution in [2.75, 3.05) is 5.73 Å². The number of rotatable bonds is 1. The smallest absolute Gasteiger partial charge is 0.286 e. The first-order chi connectivity index (χ1) is 9.60. The van der Waals surface area contributed by atoms with Crippen molar-refractivity contribution >= 4 is 5.82 Å². The van der Waals surface area contributed by atoms with Gasteiger partial charge in [-0.05, 0) is 55.8 Å². The van der Waals surface area contributed by atoms with E-state index >= 15 is 0 Å². The summed E-state index contributed by atoms with van der Waals surface area (Å²) in [7, 11) is 1.74. The van der Waals surface area contributed by atoms with E-state index in [2.05, 4.69) is 0 Å². The molecule has 4 saturated carbocycles. The first-order valence-electron chi connectivity index (χ1n) is 7.57. The van der Waals surface area contributed by atoms with Gasteiger partial charge in [-0.15, -0.1) is 0 Å². The molecule has 0 saturated heterocycles. The Hall–Kier alpha value is -1.70. The van der Waals surface area contributed by atoms with E-state index in [0.29, 0.717) is 23.7 Å². The minimum absolute atomic E-state index is 0.112. The molecule has 0 amide bonds. The normalized spacial score (nSPS) is 38.1. The zero-order chi connectivity index (χ0) is 14.0. The molecule has 5 nitrogen and oxygen atoms in total. The Morgan fingerprint density at radius 3 is 2.15 bits per heavy atom. The molecule has 0 aliphatic heterocycles. The Morgan fingerprint density at radius 1 is 1.15 bits per heavy atom. The Bertz CT molecular complexity index is 635. The molecule has 5 heteroatoms. The third kappa shape index (κ3) is 1.39. The van der Waals surface area contributed by atoms with E-state index in [-0.39, 0.29) is 11.1 Å². The monoisotopic (exact) mass is 272 g/mol. The number of hydrogen-bond donors (Lipinski definition) is 1. The maximum Gasteiger partial charge on any atom is 0.286 e. The number of anilines is 1. The van der Waals surface area contributed by atoms with Crippen molar-refractivity contribution in [2.45, 2.75) is 38.1 Å². The molecule has 0 unspecified atom stereocenters. The standard InChI is InChI=1S/C15H20N4O/c1-18-15(20)12(7-16)14(17)19(18)13-10-3-8-2-9(5-10)6-11(13)4-8/h8-11,13H,2-6,17H2,1H3. The quantitative estimate of drug-likeness (QED) is 0.844. The highest BCUT2D eigenvalue weighted by Gasteiger charge is 2.50. The highest BCUT2D eigenvalue weighted by atomic mass is 16.1. The van der Waals surface area contributed by atoms with Crippen LogP contribution in [0.15, 0.2) is 4.79 Å². The molecule has 0 aromatic carbocycles. The lowest BCUT2D eigenvalue weighted by Gasteiger charge is -2.54. The van der Waals surface area contributed by atoms with Crippen molar-refractivity contribution in [3.63, 3.8) is 0 Å². The summed E-state index contributed by atoms with van der Waals surface area (Å²) in [5, 5.41) is 9.13. The molecule has 106 valence electrons. The Morgan fingerprint density at radius 2 is 1.70 bits per heavy atom. The molecular formula is C15H20N4O. The minimum Gasteiger partial charge on any atom is -0.383 e. The van der Waals surface area contributed by atoms with Gasteiger partial charge >= 0.3 is 0 Å². The summed E-state index contributed by atoms with van der Waals surface area (Å²) in [6, 6.07) is 2.29. The SMILES string of the molecule is Cn1c(=O)c(C#N)c(N)n1C1C2CC3CC(C2)CC1C3. The molecule has 1 aromatic rings. The summed E-state index contributed by atoms with van der Waals surface area (Å²) >= 11 is 0. The van der Waals surface area contributed by atoms with Crippen molar-refractivity contribution in [1.29, 1.82) is 5.26 Å². The van der Waals surface area contributed by atoms with E-state index in [1.165, 1.54) is 32.1 Å². The van der Waals surface area contributed by atoms with Crippen LogP contribution >= 0.6 is 0 Å². The Kier molecular flexibility index (Phi) is 2.36. The van der Waals surface area contributed by atoms with E-state index < -0.39 is 0 Å². The van der Waals surface area contributed by atoms with Gasteiger partial charge in [-0.1, -0.05) is 0 Å².